The number of hydrogen-bond acceptors (Lipinski definition) is 3. The van der Waals surface area contributed by atoms with E-state index in [9.17, 15) is 4.79 Å². The maximum Gasteiger partial charge on any atom is 0.258 e. The zero-order chi connectivity index (χ0) is 19.0. The van der Waals surface area contributed by atoms with E-state index >= 15 is 0 Å². The lowest BCUT2D eigenvalue weighted by Crippen LogP contribution is -2.15. The average Bonchev–Trinajstić information content (AvgIpc) is 3.09. The zero-order valence-corrected chi connectivity index (χ0v) is 17.7. The molecule has 4 rings (SSSR count). The zero-order valence-electron chi connectivity index (χ0n) is 14.5. The molecule has 5 nitrogen and oxygen atoms in total. The third-order valence-electron chi connectivity index (χ3n) is 4.50. The monoisotopic (exact) mass is 486 g/mol. The molecule has 0 saturated heterocycles. The summed E-state index contributed by atoms with van der Waals surface area (Å²) in [5.74, 6) is 0.473. The molecule has 4 aromatic rings. The summed E-state index contributed by atoms with van der Waals surface area (Å²) in [5.41, 5.74) is 4.41. The molecule has 27 heavy (non-hydrogen) atoms. The summed E-state index contributed by atoms with van der Waals surface area (Å²) in [6.07, 6.45) is 3.29. The van der Waals surface area contributed by atoms with Gasteiger partial charge in [0.15, 0.2) is 0 Å². The van der Waals surface area contributed by atoms with Gasteiger partial charge in [0.1, 0.15) is 5.82 Å². The molecular formula is C20H16Br2N4O. The Morgan fingerprint density at radius 1 is 1.04 bits per heavy atom. The smallest absolute Gasteiger partial charge is 0.258 e. The van der Waals surface area contributed by atoms with Gasteiger partial charge in [-0.1, -0.05) is 44.0 Å². The first-order chi connectivity index (χ1) is 13.1. The number of imidazole rings is 1. The van der Waals surface area contributed by atoms with Crippen molar-refractivity contribution in [1.82, 2.24) is 14.5 Å². The number of aromatic nitrogens is 3. The second-order valence-corrected chi connectivity index (χ2v) is 7.42. The Morgan fingerprint density at radius 2 is 1.63 bits per heavy atom. The van der Waals surface area contributed by atoms with E-state index in [1.165, 1.54) is 0 Å². The van der Waals surface area contributed by atoms with Gasteiger partial charge in [-0.05, 0) is 35.4 Å². The molecule has 1 amide bonds. The van der Waals surface area contributed by atoms with Crippen LogP contribution in [0.3, 0.4) is 0 Å². The number of aryl methyl sites for hydroxylation is 1. The Morgan fingerprint density at radius 3 is 2.11 bits per heavy atom. The van der Waals surface area contributed by atoms with Crippen molar-refractivity contribution >= 4 is 65.4 Å². The van der Waals surface area contributed by atoms with Gasteiger partial charge in [0.2, 0.25) is 0 Å². The van der Waals surface area contributed by atoms with Crippen molar-refractivity contribution in [3.63, 3.8) is 0 Å². The van der Waals surface area contributed by atoms with E-state index in [0.717, 1.165) is 32.9 Å². The van der Waals surface area contributed by atoms with Gasteiger partial charge in [0, 0.05) is 28.5 Å². The van der Waals surface area contributed by atoms with Crippen LogP contribution >= 0.6 is 31.9 Å². The fourth-order valence-corrected chi connectivity index (χ4v) is 3.80. The highest BCUT2D eigenvalue weighted by Crippen LogP contribution is 2.29. The number of pyridine rings is 1. The first-order valence-corrected chi connectivity index (χ1v) is 10.6. The lowest BCUT2D eigenvalue weighted by molar-refractivity contribution is 0.102. The molecule has 0 unspecified atom stereocenters. The Hall–Kier alpha value is -2.25. The number of alkyl halides is 2. The molecule has 0 bridgehead atoms. The fraction of sp³-hybridized carbons (Fsp3) is 0.150. The molecule has 136 valence electrons. The van der Waals surface area contributed by atoms with E-state index in [4.69, 9.17) is 4.98 Å². The summed E-state index contributed by atoms with van der Waals surface area (Å²) in [7, 11) is 1.84. The predicted molar refractivity (Wildman–Crippen MR) is 116 cm³/mol. The van der Waals surface area contributed by atoms with Crippen molar-refractivity contribution in [1.29, 1.82) is 0 Å². The van der Waals surface area contributed by atoms with Crippen molar-refractivity contribution in [2.45, 2.75) is 10.7 Å². The number of halogens is 2. The normalized spacial score (nSPS) is 11.2. The number of anilines is 1. The molecule has 0 fully saturated rings. The second-order valence-electron chi connectivity index (χ2n) is 6.30. The number of nitrogens with zero attached hydrogens (tertiary/aromatic N) is 3. The van der Waals surface area contributed by atoms with Crippen LogP contribution < -0.4 is 5.32 Å². The average molecular weight is 488 g/mol. The van der Waals surface area contributed by atoms with E-state index in [-0.39, 0.29) is 5.91 Å². The van der Waals surface area contributed by atoms with Crippen molar-refractivity contribution in [2.75, 3.05) is 5.32 Å². The van der Waals surface area contributed by atoms with Crippen LogP contribution in [0.1, 0.15) is 21.5 Å². The predicted octanol–water partition coefficient (Wildman–Crippen LogP) is 5.16. The second kappa shape index (κ2) is 7.40. The highest BCUT2D eigenvalue weighted by atomic mass is 79.9. The molecule has 0 radical (unpaired) electrons. The van der Waals surface area contributed by atoms with E-state index in [0.29, 0.717) is 22.0 Å². The largest absolute Gasteiger partial charge is 0.320 e. The molecule has 0 saturated carbocycles. The fourth-order valence-electron chi connectivity index (χ4n) is 3.10. The molecule has 0 atom stereocenters. The van der Waals surface area contributed by atoms with E-state index in [2.05, 4.69) is 42.2 Å². The van der Waals surface area contributed by atoms with Gasteiger partial charge in [-0.25, -0.2) is 9.97 Å². The number of carbonyl (C=O) groups is 1. The third kappa shape index (κ3) is 3.37. The molecule has 2 aromatic carbocycles. The number of amides is 1. The third-order valence-corrected chi connectivity index (χ3v) is 5.79. The maximum atomic E-state index is 13.3. The van der Waals surface area contributed by atoms with Crippen LogP contribution in [0.5, 0.6) is 0 Å². The van der Waals surface area contributed by atoms with Crippen LogP contribution in [0.15, 0.2) is 48.9 Å². The highest BCUT2D eigenvalue weighted by Gasteiger charge is 2.18. The Bertz CT molecular complexity index is 1110. The molecule has 0 spiro atoms. The minimum Gasteiger partial charge on any atom is -0.320 e. The molecule has 1 N–H and O–H groups in total. The summed E-state index contributed by atoms with van der Waals surface area (Å²) < 4.78 is 1.78. The van der Waals surface area contributed by atoms with Crippen LogP contribution in [0.4, 0.5) is 5.82 Å². The first-order valence-electron chi connectivity index (χ1n) is 8.35. The molecule has 7 heteroatoms. The summed E-state index contributed by atoms with van der Waals surface area (Å²) >= 11 is 6.99. The Labute approximate surface area is 173 Å². The minimum atomic E-state index is -0.172. The number of benzene rings is 2. The summed E-state index contributed by atoms with van der Waals surface area (Å²) in [5, 5.41) is 6.08. The van der Waals surface area contributed by atoms with Crippen molar-refractivity contribution in [2.24, 2.45) is 7.05 Å². The number of nitrogens with one attached hydrogen (secondary N) is 1. The van der Waals surface area contributed by atoms with Crippen molar-refractivity contribution in [3.05, 3.63) is 65.6 Å². The highest BCUT2D eigenvalue weighted by molar-refractivity contribution is 9.08. The van der Waals surface area contributed by atoms with Crippen LogP contribution in [0, 0.1) is 0 Å². The van der Waals surface area contributed by atoms with Gasteiger partial charge < -0.3 is 9.88 Å². The minimum absolute atomic E-state index is 0.172. The number of fused-ring (bicyclic) bond motifs is 2. The van der Waals surface area contributed by atoms with Crippen LogP contribution in [-0.2, 0) is 17.7 Å². The van der Waals surface area contributed by atoms with Gasteiger partial charge in [-0.2, -0.15) is 0 Å². The summed E-state index contributed by atoms with van der Waals surface area (Å²) in [6, 6.07) is 12.0. The first kappa shape index (κ1) is 18.1. The lowest BCUT2D eigenvalue weighted by atomic mass is 9.99. The van der Waals surface area contributed by atoms with Gasteiger partial charge in [0.05, 0.1) is 29.1 Å². The van der Waals surface area contributed by atoms with Crippen LogP contribution in [-0.4, -0.2) is 20.4 Å². The molecule has 2 aromatic heterocycles. The van der Waals surface area contributed by atoms with E-state index in [1.54, 1.807) is 17.1 Å². The van der Waals surface area contributed by atoms with Gasteiger partial charge in [-0.3, -0.25) is 4.79 Å². The topological polar surface area (TPSA) is 59.8 Å². The number of carbonyl (C=O) groups excluding carboxylic acids is 1. The lowest BCUT2D eigenvalue weighted by Gasteiger charge is -2.13. The number of hydrogen-bond donors (Lipinski definition) is 1. The van der Waals surface area contributed by atoms with Crippen LogP contribution in [0.25, 0.3) is 21.8 Å². The van der Waals surface area contributed by atoms with Gasteiger partial charge in [-0.15, -0.1) is 0 Å². The Kier molecular flexibility index (Phi) is 4.97. The standard InChI is InChI=1S/C20H16Br2N4O/c1-26-11-23-10-18(26)25-20(27)19-14-6-12(8-21)2-4-16(14)24-17-5-3-13(9-22)7-15(17)19/h2-7,10-11H,8-9H2,1H3,(H,25,27). The van der Waals surface area contributed by atoms with E-state index < -0.39 is 0 Å². The number of rotatable bonds is 4. The van der Waals surface area contributed by atoms with Crippen molar-refractivity contribution in [3.8, 4) is 0 Å². The van der Waals surface area contributed by atoms with Gasteiger partial charge >= 0.3 is 0 Å². The maximum absolute atomic E-state index is 13.3. The van der Waals surface area contributed by atoms with E-state index in [1.807, 2.05) is 43.4 Å². The molecule has 2 heterocycles. The summed E-state index contributed by atoms with van der Waals surface area (Å²) in [6.45, 7) is 0. The van der Waals surface area contributed by atoms with Gasteiger partial charge in [0.25, 0.3) is 5.91 Å². The van der Waals surface area contributed by atoms with Crippen LogP contribution in [0.2, 0.25) is 0 Å². The molecule has 0 aliphatic carbocycles. The van der Waals surface area contributed by atoms with Crippen molar-refractivity contribution < 1.29 is 4.79 Å². The Balaban J connectivity index is 1.99. The SMILES string of the molecule is Cn1cncc1NC(=O)c1c2cc(CBr)ccc2nc2ccc(CBr)cc12. The molecular weight excluding hydrogens is 472 g/mol. The summed E-state index contributed by atoms with van der Waals surface area (Å²) in [4.78, 5) is 22.1. The molecule has 0 aliphatic rings. The quantitative estimate of drug-likeness (QED) is 0.319. The molecule has 0 aliphatic heterocycles.